The maximum absolute atomic E-state index is 12.9. The predicted molar refractivity (Wildman–Crippen MR) is 109 cm³/mol. The van der Waals surface area contributed by atoms with Gasteiger partial charge in [0.15, 0.2) is 0 Å². The average molecular weight is 390 g/mol. The zero-order chi connectivity index (χ0) is 19.7. The Bertz CT molecular complexity index is 1060. The zero-order valence-corrected chi connectivity index (χ0v) is 15.5. The van der Waals surface area contributed by atoms with Crippen LogP contribution >= 0.6 is 11.6 Å². The number of hydrogen-bond donors (Lipinski definition) is 1. The molecule has 0 radical (unpaired) electrons. The number of nitrogens with zero attached hydrogens (tertiary/aromatic N) is 1. The highest BCUT2D eigenvalue weighted by atomic mass is 35.5. The van der Waals surface area contributed by atoms with Crippen molar-refractivity contribution < 1.29 is 14.7 Å². The van der Waals surface area contributed by atoms with E-state index in [0.29, 0.717) is 16.3 Å². The molecule has 1 saturated heterocycles. The summed E-state index contributed by atoms with van der Waals surface area (Å²) in [5, 5.41) is 11.4. The number of ketones is 1. The lowest BCUT2D eigenvalue weighted by molar-refractivity contribution is -0.132. The smallest absolute Gasteiger partial charge is 0.300 e. The Labute approximate surface area is 167 Å². The summed E-state index contributed by atoms with van der Waals surface area (Å²) in [6.07, 6.45) is 0. The third kappa shape index (κ3) is 3.08. The van der Waals surface area contributed by atoms with Gasteiger partial charge < -0.3 is 5.11 Å². The van der Waals surface area contributed by atoms with Crippen molar-refractivity contribution in [2.45, 2.75) is 6.04 Å². The van der Waals surface area contributed by atoms with Gasteiger partial charge in [-0.1, -0.05) is 72.3 Å². The summed E-state index contributed by atoms with van der Waals surface area (Å²) in [7, 11) is 0. The first-order chi connectivity index (χ1) is 13.6. The molecule has 1 amide bonds. The largest absolute Gasteiger partial charge is 0.507 e. The van der Waals surface area contributed by atoms with Crippen molar-refractivity contribution in [3.63, 3.8) is 0 Å². The summed E-state index contributed by atoms with van der Waals surface area (Å²) in [4.78, 5) is 27.2. The number of carbonyl (C=O) groups excluding carboxylic acids is 2. The Balaban J connectivity index is 1.94. The molecule has 0 bridgehead atoms. The molecule has 4 rings (SSSR count). The average Bonchev–Trinajstić information content (AvgIpc) is 3.00. The number of carbonyl (C=O) groups is 2. The fourth-order valence-corrected chi connectivity index (χ4v) is 3.53. The quantitative estimate of drug-likeness (QED) is 0.391. The minimum Gasteiger partial charge on any atom is -0.507 e. The van der Waals surface area contributed by atoms with Gasteiger partial charge in [0.05, 0.1) is 11.6 Å². The second-order valence-corrected chi connectivity index (χ2v) is 6.86. The molecule has 3 aromatic rings. The predicted octanol–water partition coefficient (Wildman–Crippen LogP) is 4.97. The van der Waals surface area contributed by atoms with Crippen molar-refractivity contribution in [1.82, 2.24) is 0 Å². The summed E-state index contributed by atoms with van der Waals surface area (Å²) in [6.45, 7) is 0. The van der Waals surface area contributed by atoms with E-state index in [0.717, 1.165) is 5.56 Å². The molecule has 3 aromatic carbocycles. The third-order valence-electron chi connectivity index (χ3n) is 4.71. The van der Waals surface area contributed by atoms with Crippen molar-refractivity contribution in [2.24, 2.45) is 0 Å². The Morgan fingerprint density at radius 1 is 0.821 bits per heavy atom. The molecule has 0 aromatic heterocycles. The number of anilines is 1. The van der Waals surface area contributed by atoms with Crippen LogP contribution in [0.5, 0.6) is 0 Å². The van der Waals surface area contributed by atoms with Crippen LogP contribution in [0, 0.1) is 0 Å². The molecule has 0 aliphatic carbocycles. The van der Waals surface area contributed by atoms with Gasteiger partial charge in [0.1, 0.15) is 5.76 Å². The van der Waals surface area contributed by atoms with Crippen LogP contribution in [-0.2, 0) is 9.59 Å². The van der Waals surface area contributed by atoms with Gasteiger partial charge in [0, 0.05) is 16.3 Å². The molecule has 1 N–H and O–H groups in total. The van der Waals surface area contributed by atoms with Gasteiger partial charge in [-0.2, -0.15) is 0 Å². The summed E-state index contributed by atoms with van der Waals surface area (Å²) in [5.41, 5.74) is 1.82. The van der Waals surface area contributed by atoms with Crippen LogP contribution in [0.25, 0.3) is 5.76 Å². The van der Waals surface area contributed by atoms with E-state index in [1.165, 1.54) is 4.90 Å². The normalized spacial score (nSPS) is 18.5. The highest BCUT2D eigenvalue weighted by Crippen LogP contribution is 2.42. The first kappa shape index (κ1) is 18.0. The minimum absolute atomic E-state index is 0.0670. The van der Waals surface area contributed by atoms with Crippen LogP contribution in [0.4, 0.5) is 5.69 Å². The lowest BCUT2D eigenvalue weighted by atomic mass is 9.95. The molecule has 138 valence electrons. The van der Waals surface area contributed by atoms with Crippen molar-refractivity contribution >= 4 is 34.7 Å². The molecule has 0 saturated carbocycles. The maximum atomic E-state index is 12.9. The summed E-state index contributed by atoms with van der Waals surface area (Å²) in [6, 6.07) is 23.9. The summed E-state index contributed by atoms with van der Waals surface area (Å²) < 4.78 is 0. The van der Waals surface area contributed by atoms with Gasteiger partial charge >= 0.3 is 0 Å². The molecular formula is C23H16ClNO3. The van der Waals surface area contributed by atoms with E-state index >= 15 is 0 Å². The molecule has 0 spiro atoms. The molecule has 1 aliphatic heterocycles. The first-order valence-electron chi connectivity index (χ1n) is 8.75. The van der Waals surface area contributed by atoms with Gasteiger partial charge in [-0.05, 0) is 29.8 Å². The fraction of sp³-hybridized carbons (Fsp3) is 0.0435. The number of rotatable bonds is 3. The van der Waals surface area contributed by atoms with E-state index in [1.807, 2.05) is 36.4 Å². The van der Waals surface area contributed by atoms with Crippen LogP contribution in [0.15, 0.2) is 90.5 Å². The van der Waals surface area contributed by atoms with Crippen LogP contribution in [-0.4, -0.2) is 16.8 Å². The van der Waals surface area contributed by atoms with E-state index in [9.17, 15) is 14.7 Å². The van der Waals surface area contributed by atoms with Gasteiger partial charge in [0.2, 0.25) is 0 Å². The molecule has 1 aliphatic rings. The number of hydrogen-bond acceptors (Lipinski definition) is 3. The summed E-state index contributed by atoms with van der Waals surface area (Å²) in [5.74, 6) is -1.59. The number of benzene rings is 3. The second kappa shape index (κ2) is 7.33. The van der Waals surface area contributed by atoms with E-state index in [-0.39, 0.29) is 11.3 Å². The molecule has 1 heterocycles. The molecule has 28 heavy (non-hydrogen) atoms. The van der Waals surface area contributed by atoms with Crippen LogP contribution in [0.2, 0.25) is 5.02 Å². The summed E-state index contributed by atoms with van der Waals surface area (Å²) >= 11 is 5.98. The molecule has 5 heteroatoms. The maximum Gasteiger partial charge on any atom is 0.300 e. The number of aliphatic hydroxyl groups is 1. The van der Waals surface area contributed by atoms with Crippen LogP contribution in [0.3, 0.4) is 0 Å². The topological polar surface area (TPSA) is 57.6 Å². The molecule has 1 atom stereocenters. The lowest BCUT2D eigenvalue weighted by Crippen LogP contribution is -2.29. The van der Waals surface area contributed by atoms with E-state index in [2.05, 4.69) is 0 Å². The van der Waals surface area contributed by atoms with Crippen molar-refractivity contribution in [3.05, 3.63) is 107 Å². The first-order valence-corrected chi connectivity index (χ1v) is 9.12. The van der Waals surface area contributed by atoms with Gasteiger partial charge in [-0.25, -0.2) is 0 Å². The number of amides is 1. The van der Waals surface area contributed by atoms with Gasteiger partial charge in [-0.15, -0.1) is 0 Å². The zero-order valence-electron chi connectivity index (χ0n) is 14.7. The van der Waals surface area contributed by atoms with Crippen molar-refractivity contribution in [1.29, 1.82) is 0 Å². The molecular weight excluding hydrogens is 374 g/mol. The van der Waals surface area contributed by atoms with E-state index < -0.39 is 17.7 Å². The Morgan fingerprint density at radius 3 is 2.00 bits per heavy atom. The van der Waals surface area contributed by atoms with Crippen molar-refractivity contribution in [2.75, 3.05) is 4.90 Å². The molecule has 1 unspecified atom stereocenters. The third-order valence-corrected chi connectivity index (χ3v) is 4.96. The SMILES string of the molecule is O=C1C(=O)N(c2ccc(Cl)cc2)C(c2ccccc2)/C1=C(\O)c1ccccc1. The monoisotopic (exact) mass is 389 g/mol. The fourth-order valence-electron chi connectivity index (χ4n) is 3.40. The van der Waals surface area contributed by atoms with Gasteiger partial charge in [0.25, 0.3) is 11.7 Å². The van der Waals surface area contributed by atoms with Crippen LogP contribution < -0.4 is 4.90 Å². The van der Waals surface area contributed by atoms with Gasteiger partial charge in [-0.3, -0.25) is 14.5 Å². The second-order valence-electron chi connectivity index (χ2n) is 6.42. The highest BCUT2D eigenvalue weighted by Gasteiger charge is 2.46. The standard InChI is InChI=1S/C23H16ClNO3/c24-17-11-13-18(14-12-17)25-20(15-7-3-1-4-8-15)19(22(27)23(25)28)21(26)16-9-5-2-6-10-16/h1-14,20,26H/b21-19+. The Kier molecular flexibility index (Phi) is 4.72. The van der Waals surface area contributed by atoms with E-state index in [4.69, 9.17) is 11.6 Å². The number of aliphatic hydroxyl groups excluding tert-OH is 1. The van der Waals surface area contributed by atoms with E-state index in [1.54, 1.807) is 48.5 Å². The Hall–Kier alpha value is -3.37. The number of Topliss-reactive ketones (excluding diaryl/α,β-unsaturated/α-hetero) is 1. The minimum atomic E-state index is -0.734. The van der Waals surface area contributed by atoms with Crippen LogP contribution in [0.1, 0.15) is 17.2 Å². The van der Waals surface area contributed by atoms with Crippen molar-refractivity contribution in [3.8, 4) is 0 Å². The molecule has 4 nitrogen and oxygen atoms in total. The number of halogens is 1. The highest BCUT2D eigenvalue weighted by molar-refractivity contribution is 6.51. The Morgan fingerprint density at radius 2 is 1.39 bits per heavy atom. The lowest BCUT2D eigenvalue weighted by Gasteiger charge is -2.25. The molecule has 1 fully saturated rings.